The standard InChI is InChI=1S/C17H20N2/c1-13-7-8-15-12-19(17(10-18)16(15)9-13)11-14-5-3-2-4-6-14/h2-9,17H,10-12,18H2,1H3. The molecule has 98 valence electrons. The van der Waals surface area contributed by atoms with Crippen LogP contribution in [-0.4, -0.2) is 11.4 Å². The lowest BCUT2D eigenvalue weighted by Crippen LogP contribution is -2.27. The van der Waals surface area contributed by atoms with Crippen LogP contribution >= 0.6 is 0 Å². The van der Waals surface area contributed by atoms with Gasteiger partial charge in [0.2, 0.25) is 0 Å². The molecule has 1 atom stereocenters. The summed E-state index contributed by atoms with van der Waals surface area (Å²) in [4.78, 5) is 2.47. The lowest BCUT2D eigenvalue weighted by Gasteiger charge is -2.23. The minimum Gasteiger partial charge on any atom is -0.329 e. The molecule has 3 rings (SSSR count). The van der Waals surface area contributed by atoms with Crippen LogP contribution in [0.3, 0.4) is 0 Å². The van der Waals surface area contributed by atoms with Crippen molar-refractivity contribution in [3.8, 4) is 0 Å². The van der Waals surface area contributed by atoms with Gasteiger partial charge < -0.3 is 5.73 Å². The van der Waals surface area contributed by atoms with Gasteiger partial charge in [0.15, 0.2) is 0 Å². The SMILES string of the molecule is Cc1ccc2c(c1)C(CN)N(Cc1ccccc1)C2. The average molecular weight is 252 g/mol. The maximum Gasteiger partial charge on any atom is 0.0480 e. The van der Waals surface area contributed by atoms with E-state index in [4.69, 9.17) is 5.73 Å². The Morgan fingerprint density at radius 1 is 1.16 bits per heavy atom. The predicted octanol–water partition coefficient (Wildman–Crippen LogP) is 3.01. The summed E-state index contributed by atoms with van der Waals surface area (Å²) in [5.41, 5.74) is 11.5. The average Bonchev–Trinajstić information content (AvgIpc) is 2.76. The quantitative estimate of drug-likeness (QED) is 0.910. The van der Waals surface area contributed by atoms with Gasteiger partial charge in [0.1, 0.15) is 0 Å². The molecular formula is C17H20N2. The van der Waals surface area contributed by atoms with Crippen molar-refractivity contribution in [3.05, 3.63) is 70.8 Å². The molecule has 0 fully saturated rings. The van der Waals surface area contributed by atoms with Gasteiger partial charge in [0.05, 0.1) is 0 Å². The van der Waals surface area contributed by atoms with Crippen molar-refractivity contribution >= 4 is 0 Å². The maximum absolute atomic E-state index is 6.00. The highest BCUT2D eigenvalue weighted by Gasteiger charge is 2.28. The third kappa shape index (κ3) is 2.42. The monoisotopic (exact) mass is 252 g/mol. The fourth-order valence-corrected chi connectivity index (χ4v) is 2.95. The van der Waals surface area contributed by atoms with Crippen LogP contribution in [0.15, 0.2) is 48.5 Å². The molecule has 0 radical (unpaired) electrons. The van der Waals surface area contributed by atoms with Crippen molar-refractivity contribution < 1.29 is 0 Å². The van der Waals surface area contributed by atoms with Crippen molar-refractivity contribution in [2.45, 2.75) is 26.1 Å². The highest BCUT2D eigenvalue weighted by molar-refractivity contribution is 5.37. The van der Waals surface area contributed by atoms with E-state index in [1.807, 2.05) is 0 Å². The fraction of sp³-hybridized carbons (Fsp3) is 0.294. The van der Waals surface area contributed by atoms with E-state index >= 15 is 0 Å². The molecule has 0 aromatic heterocycles. The van der Waals surface area contributed by atoms with Crippen LogP contribution < -0.4 is 5.73 Å². The number of aryl methyl sites for hydroxylation is 1. The third-order valence-corrected chi connectivity index (χ3v) is 3.93. The molecule has 0 spiro atoms. The molecule has 2 nitrogen and oxygen atoms in total. The number of nitrogens with two attached hydrogens (primary N) is 1. The number of hydrogen-bond donors (Lipinski definition) is 1. The molecule has 0 saturated carbocycles. The summed E-state index contributed by atoms with van der Waals surface area (Å²) in [7, 11) is 0. The maximum atomic E-state index is 6.00. The Hall–Kier alpha value is -1.64. The fourth-order valence-electron chi connectivity index (χ4n) is 2.95. The molecule has 0 amide bonds. The summed E-state index contributed by atoms with van der Waals surface area (Å²) >= 11 is 0. The first-order valence-electron chi connectivity index (χ1n) is 6.85. The van der Waals surface area contributed by atoms with E-state index in [0.717, 1.165) is 13.1 Å². The van der Waals surface area contributed by atoms with Gasteiger partial charge in [-0.1, -0.05) is 54.1 Å². The van der Waals surface area contributed by atoms with E-state index < -0.39 is 0 Å². The Bertz CT molecular complexity index is 563. The summed E-state index contributed by atoms with van der Waals surface area (Å²) in [5.74, 6) is 0. The smallest absolute Gasteiger partial charge is 0.0480 e. The molecule has 2 heteroatoms. The van der Waals surface area contributed by atoms with Crippen LogP contribution in [-0.2, 0) is 13.1 Å². The minimum absolute atomic E-state index is 0.357. The Balaban J connectivity index is 1.85. The Morgan fingerprint density at radius 2 is 1.95 bits per heavy atom. The van der Waals surface area contributed by atoms with E-state index in [9.17, 15) is 0 Å². The first-order chi connectivity index (χ1) is 9.28. The van der Waals surface area contributed by atoms with Gasteiger partial charge in [-0.3, -0.25) is 4.90 Å². The van der Waals surface area contributed by atoms with Crippen molar-refractivity contribution in [3.63, 3.8) is 0 Å². The molecule has 2 aromatic carbocycles. The Kier molecular flexibility index (Phi) is 3.36. The number of hydrogen-bond acceptors (Lipinski definition) is 2. The molecule has 0 aliphatic carbocycles. The zero-order chi connectivity index (χ0) is 13.2. The molecule has 0 bridgehead atoms. The second-order valence-electron chi connectivity index (χ2n) is 5.34. The minimum atomic E-state index is 0.357. The van der Waals surface area contributed by atoms with Crippen LogP contribution in [0.1, 0.15) is 28.3 Å². The molecule has 1 unspecified atom stereocenters. The number of fused-ring (bicyclic) bond motifs is 1. The lowest BCUT2D eigenvalue weighted by molar-refractivity contribution is 0.211. The van der Waals surface area contributed by atoms with E-state index in [2.05, 4.69) is 60.4 Å². The van der Waals surface area contributed by atoms with Crippen LogP contribution in [0.4, 0.5) is 0 Å². The van der Waals surface area contributed by atoms with E-state index in [0.29, 0.717) is 12.6 Å². The molecule has 1 aliphatic heterocycles. The summed E-state index contributed by atoms with van der Waals surface area (Å²) in [6.07, 6.45) is 0. The van der Waals surface area contributed by atoms with Crippen LogP contribution in [0.5, 0.6) is 0 Å². The Morgan fingerprint density at radius 3 is 2.68 bits per heavy atom. The zero-order valence-corrected chi connectivity index (χ0v) is 11.3. The van der Waals surface area contributed by atoms with Gasteiger partial charge in [-0.15, -0.1) is 0 Å². The topological polar surface area (TPSA) is 29.3 Å². The van der Waals surface area contributed by atoms with Crippen LogP contribution in [0.2, 0.25) is 0 Å². The van der Waals surface area contributed by atoms with Gasteiger partial charge >= 0.3 is 0 Å². The summed E-state index contributed by atoms with van der Waals surface area (Å²) < 4.78 is 0. The second-order valence-corrected chi connectivity index (χ2v) is 5.34. The highest BCUT2D eigenvalue weighted by Crippen LogP contribution is 2.34. The van der Waals surface area contributed by atoms with Crippen molar-refractivity contribution in [1.82, 2.24) is 4.90 Å². The summed E-state index contributed by atoms with van der Waals surface area (Å²) in [6, 6.07) is 17.7. The third-order valence-electron chi connectivity index (χ3n) is 3.93. The van der Waals surface area contributed by atoms with Gasteiger partial charge in [-0.05, 0) is 23.6 Å². The van der Waals surface area contributed by atoms with Gasteiger partial charge in [0, 0.05) is 25.7 Å². The lowest BCUT2D eigenvalue weighted by atomic mass is 10.0. The molecule has 0 saturated heterocycles. The van der Waals surface area contributed by atoms with Gasteiger partial charge in [0.25, 0.3) is 0 Å². The normalized spacial score (nSPS) is 18.5. The molecule has 2 N–H and O–H groups in total. The van der Waals surface area contributed by atoms with E-state index in [1.54, 1.807) is 0 Å². The van der Waals surface area contributed by atoms with Gasteiger partial charge in [-0.2, -0.15) is 0 Å². The highest BCUT2D eigenvalue weighted by atomic mass is 15.2. The Labute approximate surface area is 114 Å². The van der Waals surface area contributed by atoms with E-state index in [-0.39, 0.29) is 0 Å². The molecular weight excluding hydrogens is 232 g/mol. The van der Waals surface area contributed by atoms with Crippen molar-refractivity contribution in [1.29, 1.82) is 0 Å². The number of benzene rings is 2. The predicted molar refractivity (Wildman–Crippen MR) is 78.7 cm³/mol. The van der Waals surface area contributed by atoms with E-state index in [1.165, 1.54) is 22.3 Å². The summed E-state index contributed by atoms with van der Waals surface area (Å²) in [6.45, 7) is 4.81. The zero-order valence-electron chi connectivity index (χ0n) is 11.3. The van der Waals surface area contributed by atoms with Gasteiger partial charge in [-0.25, -0.2) is 0 Å². The van der Waals surface area contributed by atoms with Crippen molar-refractivity contribution in [2.75, 3.05) is 6.54 Å². The largest absolute Gasteiger partial charge is 0.329 e. The van der Waals surface area contributed by atoms with Crippen LogP contribution in [0, 0.1) is 6.92 Å². The molecule has 19 heavy (non-hydrogen) atoms. The summed E-state index contributed by atoms with van der Waals surface area (Å²) in [5, 5.41) is 0. The molecule has 1 aliphatic rings. The number of rotatable bonds is 3. The first-order valence-corrected chi connectivity index (χ1v) is 6.85. The molecule has 1 heterocycles. The molecule has 2 aromatic rings. The second kappa shape index (κ2) is 5.16. The van der Waals surface area contributed by atoms with Crippen molar-refractivity contribution in [2.24, 2.45) is 5.73 Å². The first kappa shape index (κ1) is 12.4. The number of nitrogens with zero attached hydrogens (tertiary/aromatic N) is 1. The van der Waals surface area contributed by atoms with Crippen LogP contribution in [0.25, 0.3) is 0 Å².